The number of hydrogen-bond donors (Lipinski definition) is 0. The molecular formula is C10H16N2O. The Labute approximate surface area is 79.3 Å². The van der Waals surface area contributed by atoms with E-state index < -0.39 is 0 Å². The van der Waals surface area contributed by atoms with Gasteiger partial charge in [0.25, 0.3) is 0 Å². The summed E-state index contributed by atoms with van der Waals surface area (Å²) < 4.78 is 0. The van der Waals surface area contributed by atoms with E-state index in [2.05, 4.69) is 0 Å². The molecule has 0 spiro atoms. The summed E-state index contributed by atoms with van der Waals surface area (Å²) in [5, 5.41) is 8.30. The first kappa shape index (κ1) is 10.2. The second-order valence-corrected chi connectivity index (χ2v) is 3.87. The lowest BCUT2D eigenvalue weighted by Crippen LogP contribution is -2.33. The van der Waals surface area contributed by atoms with Crippen LogP contribution in [0.1, 0.15) is 25.7 Å². The SMILES string of the molecule is CN(CC(=O)CC#N)CC1CCC1. The molecule has 0 aromatic heterocycles. The molecule has 3 nitrogen and oxygen atoms in total. The lowest BCUT2D eigenvalue weighted by Gasteiger charge is -2.29. The minimum absolute atomic E-state index is 0.0318. The summed E-state index contributed by atoms with van der Waals surface area (Å²) in [5.41, 5.74) is 0. The van der Waals surface area contributed by atoms with Crippen molar-refractivity contribution >= 4 is 5.78 Å². The van der Waals surface area contributed by atoms with Crippen molar-refractivity contribution in [3.63, 3.8) is 0 Å². The van der Waals surface area contributed by atoms with Crippen LogP contribution >= 0.6 is 0 Å². The second-order valence-electron chi connectivity index (χ2n) is 3.87. The van der Waals surface area contributed by atoms with Gasteiger partial charge in [0, 0.05) is 6.54 Å². The lowest BCUT2D eigenvalue weighted by atomic mass is 9.85. The van der Waals surface area contributed by atoms with E-state index in [0.717, 1.165) is 12.5 Å². The zero-order valence-corrected chi connectivity index (χ0v) is 8.12. The number of rotatable bonds is 5. The van der Waals surface area contributed by atoms with Crippen LogP contribution in [-0.2, 0) is 4.79 Å². The molecule has 0 aromatic rings. The number of Topliss-reactive ketones (excluding diaryl/α,β-unsaturated/α-hetero) is 1. The van der Waals surface area contributed by atoms with Crippen molar-refractivity contribution in [1.82, 2.24) is 4.90 Å². The smallest absolute Gasteiger partial charge is 0.160 e. The molecule has 0 atom stereocenters. The zero-order valence-electron chi connectivity index (χ0n) is 8.12. The summed E-state index contributed by atoms with van der Waals surface area (Å²) in [4.78, 5) is 13.1. The van der Waals surface area contributed by atoms with Gasteiger partial charge in [0.1, 0.15) is 0 Å². The van der Waals surface area contributed by atoms with Crippen molar-refractivity contribution < 1.29 is 4.79 Å². The Morgan fingerprint density at radius 2 is 2.31 bits per heavy atom. The van der Waals surface area contributed by atoms with Crippen molar-refractivity contribution in [1.29, 1.82) is 5.26 Å². The van der Waals surface area contributed by atoms with Crippen LogP contribution in [0.3, 0.4) is 0 Å². The largest absolute Gasteiger partial charge is 0.299 e. The molecular weight excluding hydrogens is 164 g/mol. The van der Waals surface area contributed by atoms with Crippen molar-refractivity contribution in [2.24, 2.45) is 5.92 Å². The van der Waals surface area contributed by atoms with Gasteiger partial charge in [0.15, 0.2) is 5.78 Å². The van der Waals surface area contributed by atoms with Crippen molar-refractivity contribution in [2.75, 3.05) is 20.1 Å². The summed E-state index contributed by atoms with van der Waals surface area (Å²) in [5.74, 6) is 0.823. The minimum atomic E-state index is 0.0318. The fourth-order valence-corrected chi connectivity index (χ4v) is 1.63. The third-order valence-corrected chi connectivity index (χ3v) is 2.52. The molecule has 0 aliphatic heterocycles. The van der Waals surface area contributed by atoms with Gasteiger partial charge >= 0.3 is 0 Å². The molecule has 1 rings (SSSR count). The van der Waals surface area contributed by atoms with Gasteiger partial charge in [-0.25, -0.2) is 0 Å². The Balaban J connectivity index is 2.12. The van der Waals surface area contributed by atoms with E-state index in [4.69, 9.17) is 5.26 Å². The Morgan fingerprint density at radius 3 is 2.77 bits per heavy atom. The van der Waals surface area contributed by atoms with E-state index in [0.29, 0.717) is 6.54 Å². The predicted molar refractivity (Wildman–Crippen MR) is 50.1 cm³/mol. The zero-order chi connectivity index (χ0) is 9.68. The molecule has 0 saturated heterocycles. The van der Waals surface area contributed by atoms with Crippen LogP contribution in [0, 0.1) is 17.2 Å². The van der Waals surface area contributed by atoms with Crippen molar-refractivity contribution in [3.05, 3.63) is 0 Å². The van der Waals surface area contributed by atoms with Crippen LogP contribution in [-0.4, -0.2) is 30.8 Å². The molecule has 0 amide bonds. The van der Waals surface area contributed by atoms with E-state index in [1.807, 2.05) is 18.0 Å². The van der Waals surface area contributed by atoms with Crippen LogP contribution in [0.25, 0.3) is 0 Å². The molecule has 72 valence electrons. The number of likely N-dealkylation sites (N-methyl/N-ethyl adjacent to an activating group) is 1. The minimum Gasteiger partial charge on any atom is -0.299 e. The fraction of sp³-hybridized carbons (Fsp3) is 0.800. The Hall–Kier alpha value is -0.880. The quantitative estimate of drug-likeness (QED) is 0.638. The highest BCUT2D eigenvalue weighted by atomic mass is 16.1. The summed E-state index contributed by atoms with van der Waals surface area (Å²) in [6, 6.07) is 1.88. The maximum Gasteiger partial charge on any atom is 0.160 e. The first-order valence-corrected chi connectivity index (χ1v) is 4.79. The van der Waals surface area contributed by atoms with Crippen molar-refractivity contribution in [3.8, 4) is 6.07 Å². The van der Waals surface area contributed by atoms with Gasteiger partial charge in [-0.15, -0.1) is 0 Å². The molecule has 0 N–H and O–H groups in total. The number of carbonyl (C=O) groups excluding carboxylic acids is 1. The monoisotopic (exact) mass is 180 g/mol. The molecule has 0 aromatic carbocycles. The normalized spacial score (nSPS) is 16.7. The Bertz CT molecular complexity index is 215. The van der Waals surface area contributed by atoms with E-state index >= 15 is 0 Å². The number of nitrogens with zero attached hydrogens (tertiary/aromatic N) is 2. The number of carbonyl (C=O) groups is 1. The molecule has 1 aliphatic rings. The molecule has 0 radical (unpaired) electrons. The first-order valence-electron chi connectivity index (χ1n) is 4.79. The van der Waals surface area contributed by atoms with E-state index in [1.165, 1.54) is 19.3 Å². The number of hydrogen-bond acceptors (Lipinski definition) is 3. The molecule has 0 heterocycles. The van der Waals surface area contributed by atoms with Gasteiger partial charge in [-0.3, -0.25) is 9.69 Å². The average Bonchev–Trinajstić information content (AvgIpc) is 1.97. The highest BCUT2D eigenvalue weighted by Crippen LogP contribution is 2.26. The lowest BCUT2D eigenvalue weighted by molar-refractivity contribution is -0.119. The summed E-state index contributed by atoms with van der Waals surface area (Å²) in [7, 11) is 1.95. The van der Waals surface area contributed by atoms with Crippen LogP contribution < -0.4 is 0 Å². The molecule has 1 aliphatic carbocycles. The molecule has 1 fully saturated rings. The third-order valence-electron chi connectivity index (χ3n) is 2.52. The first-order chi connectivity index (χ1) is 6.22. The van der Waals surface area contributed by atoms with E-state index in [9.17, 15) is 4.79 Å². The van der Waals surface area contributed by atoms with Gasteiger partial charge in [0.2, 0.25) is 0 Å². The standard InChI is InChI=1S/C10H16N2O/c1-12(7-9-3-2-4-9)8-10(13)5-6-11/h9H,2-5,7-8H2,1H3. The Morgan fingerprint density at radius 1 is 1.62 bits per heavy atom. The highest BCUT2D eigenvalue weighted by molar-refractivity contribution is 5.82. The van der Waals surface area contributed by atoms with E-state index in [1.54, 1.807) is 0 Å². The molecule has 3 heteroatoms. The molecule has 0 unspecified atom stereocenters. The number of nitriles is 1. The maximum absolute atomic E-state index is 11.1. The van der Waals surface area contributed by atoms with Crippen LogP contribution in [0.5, 0.6) is 0 Å². The summed E-state index contributed by atoms with van der Waals surface area (Å²) in [6.45, 7) is 1.45. The van der Waals surface area contributed by atoms with Crippen LogP contribution in [0.15, 0.2) is 0 Å². The van der Waals surface area contributed by atoms with E-state index in [-0.39, 0.29) is 12.2 Å². The predicted octanol–water partition coefficient (Wildman–Crippen LogP) is 1.20. The Kier molecular flexibility index (Phi) is 3.91. The summed E-state index contributed by atoms with van der Waals surface area (Å²) in [6.07, 6.45) is 3.99. The molecule has 1 saturated carbocycles. The topological polar surface area (TPSA) is 44.1 Å². The third kappa shape index (κ3) is 3.56. The van der Waals surface area contributed by atoms with Gasteiger partial charge in [-0.2, -0.15) is 5.26 Å². The van der Waals surface area contributed by atoms with Gasteiger partial charge in [-0.05, 0) is 25.8 Å². The van der Waals surface area contributed by atoms with Crippen molar-refractivity contribution in [2.45, 2.75) is 25.7 Å². The average molecular weight is 180 g/mol. The van der Waals surface area contributed by atoms with Gasteiger partial charge in [0.05, 0.1) is 19.0 Å². The summed E-state index contributed by atoms with van der Waals surface area (Å²) >= 11 is 0. The second kappa shape index (κ2) is 4.98. The highest BCUT2D eigenvalue weighted by Gasteiger charge is 2.19. The molecule has 13 heavy (non-hydrogen) atoms. The fourth-order valence-electron chi connectivity index (χ4n) is 1.63. The van der Waals surface area contributed by atoms with Gasteiger partial charge in [-0.1, -0.05) is 6.42 Å². The molecule has 0 bridgehead atoms. The van der Waals surface area contributed by atoms with Crippen LogP contribution in [0.2, 0.25) is 0 Å². The van der Waals surface area contributed by atoms with Gasteiger partial charge < -0.3 is 0 Å². The maximum atomic E-state index is 11.1. The van der Waals surface area contributed by atoms with Crippen LogP contribution in [0.4, 0.5) is 0 Å². The number of ketones is 1.